The number of halogens is 1. The summed E-state index contributed by atoms with van der Waals surface area (Å²) in [5, 5.41) is 18.3. The molecule has 0 fully saturated rings. The van der Waals surface area contributed by atoms with E-state index in [0.717, 1.165) is 5.69 Å². The molecule has 0 saturated carbocycles. The highest BCUT2D eigenvalue weighted by molar-refractivity contribution is 6.09. The Bertz CT molecular complexity index is 1220. The molecule has 0 aliphatic carbocycles. The molecule has 0 unspecified atom stereocenters. The van der Waals surface area contributed by atoms with Crippen LogP contribution in [0.1, 0.15) is 10.4 Å². The fourth-order valence-electron chi connectivity index (χ4n) is 3.00. The van der Waals surface area contributed by atoms with E-state index in [4.69, 9.17) is 0 Å². The molecule has 0 atom stereocenters. The molecular weight excluding hydrogens is 387 g/mol. The first kappa shape index (κ1) is 19.0. The van der Waals surface area contributed by atoms with Crippen molar-refractivity contribution < 1.29 is 14.1 Å². The second-order valence-electron chi connectivity index (χ2n) is 6.41. The van der Waals surface area contributed by atoms with Crippen LogP contribution in [-0.2, 0) is 0 Å². The van der Waals surface area contributed by atoms with Gasteiger partial charge in [-0.05, 0) is 42.5 Å². The maximum absolute atomic E-state index is 13.4. The molecule has 4 rings (SSSR count). The lowest BCUT2D eigenvalue weighted by molar-refractivity contribution is -0.383. The molecule has 1 aromatic heterocycles. The quantitative estimate of drug-likeness (QED) is 0.382. The van der Waals surface area contributed by atoms with Crippen molar-refractivity contribution in [2.24, 2.45) is 0 Å². The third-order valence-electron chi connectivity index (χ3n) is 4.45. The van der Waals surface area contributed by atoms with E-state index in [-0.39, 0.29) is 16.9 Å². The van der Waals surface area contributed by atoms with Gasteiger partial charge in [-0.3, -0.25) is 14.9 Å². The summed E-state index contributed by atoms with van der Waals surface area (Å²) in [7, 11) is 0. The summed E-state index contributed by atoms with van der Waals surface area (Å²) < 4.78 is 14.9. The van der Waals surface area contributed by atoms with Crippen LogP contribution in [0.15, 0.2) is 85.1 Å². The maximum Gasteiger partial charge on any atom is 0.292 e. The molecule has 148 valence electrons. The van der Waals surface area contributed by atoms with E-state index in [2.05, 4.69) is 10.4 Å². The van der Waals surface area contributed by atoms with Crippen LogP contribution in [0.4, 0.5) is 15.8 Å². The molecule has 0 bridgehead atoms. The standard InChI is InChI=1S/C22H15FN4O3/c23-16-12-10-15(11-13-16)21-18(14-26(25-21)17-6-2-1-3-7-17)22(28)24-19-8-4-5-9-20(19)27(29)30/h1-14H,(H,24,28). The maximum atomic E-state index is 13.4. The fourth-order valence-corrected chi connectivity index (χ4v) is 3.00. The number of nitrogens with zero attached hydrogens (tertiary/aromatic N) is 3. The van der Waals surface area contributed by atoms with Gasteiger partial charge in [0.2, 0.25) is 0 Å². The first-order chi connectivity index (χ1) is 14.5. The Morgan fingerprint density at radius 2 is 1.63 bits per heavy atom. The molecule has 0 aliphatic rings. The first-order valence-corrected chi connectivity index (χ1v) is 8.99. The van der Waals surface area contributed by atoms with Gasteiger partial charge in [0.1, 0.15) is 17.2 Å². The van der Waals surface area contributed by atoms with E-state index in [1.54, 1.807) is 6.07 Å². The van der Waals surface area contributed by atoms with E-state index in [0.29, 0.717) is 11.3 Å². The normalized spacial score (nSPS) is 10.6. The summed E-state index contributed by atoms with van der Waals surface area (Å²) in [5.41, 5.74) is 1.65. The third kappa shape index (κ3) is 3.79. The molecule has 1 heterocycles. The molecule has 0 radical (unpaired) electrons. The monoisotopic (exact) mass is 402 g/mol. The van der Waals surface area contributed by atoms with Gasteiger partial charge in [-0.1, -0.05) is 30.3 Å². The van der Waals surface area contributed by atoms with Crippen molar-refractivity contribution in [1.29, 1.82) is 0 Å². The van der Waals surface area contributed by atoms with Gasteiger partial charge in [0.25, 0.3) is 11.6 Å². The van der Waals surface area contributed by atoms with Crippen LogP contribution in [0, 0.1) is 15.9 Å². The van der Waals surface area contributed by atoms with Crippen LogP contribution < -0.4 is 5.32 Å². The van der Waals surface area contributed by atoms with Crippen LogP contribution in [0.5, 0.6) is 0 Å². The highest BCUT2D eigenvalue weighted by Crippen LogP contribution is 2.28. The van der Waals surface area contributed by atoms with Crippen LogP contribution in [0.25, 0.3) is 16.9 Å². The number of nitro groups is 1. The first-order valence-electron chi connectivity index (χ1n) is 8.99. The average Bonchev–Trinajstić information content (AvgIpc) is 3.21. The van der Waals surface area contributed by atoms with Gasteiger partial charge >= 0.3 is 0 Å². The topological polar surface area (TPSA) is 90.1 Å². The smallest absolute Gasteiger partial charge is 0.292 e. The third-order valence-corrected chi connectivity index (χ3v) is 4.45. The van der Waals surface area contributed by atoms with Gasteiger partial charge in [0.05, 0.1) is 16.2 Å². The average molecular weight is 402 g/mol. The summed E-state index contributed by atoms with van der Waals surface area (Å²) in [6, 6.07) is 20.7. The zero-order valence-electron chi connectivity index (χ0n) is 15.5. The summed E-state index contributed by atoms with van der Waals surface area (Å²) in [6.45, 7) is 0. The van der Waals surface area contributed by atoms with Crippen LogP contribution in [0.2, 0.25) is 0 Å². The van der Waals surface area contributed by atoms with Crippen molar-refractivity contribution in [2.75, 3.05) is 5.32 Å². The molecule has 4 aromatic rings. The van der Waals surface area contributed by atoms with Gasteiger partial charge < -0.3 is 5.32 Å². The summed E-state index contributed by atoms with van der Waals surface area (Å²) in [6.07, 6.45) is 1.54. The van der Waals surface area contributed by atoms with Crippen molar-refractivity contribution in [3.8, 4) is 16.9 Å². The van der Waals surface area contributed by atoms with Crippen LogP contribution >= 0.6 is 0 Å². The van der Waals surface area contributed by atoms with Gasteiger partial charge in [0.15, 0.2) is 0 Å². The Labute approximate surface area is 170 Å². The molecular formula is C22H15FN4O3. The van der Waals surface area contributed by atoms with Gasteiger partial charge in [-0.15, -0.1) is 0 Å². The van der Waals surface area contributed by atoms with E-state index in [1.165, 1.54) is 53.3 Å². The van der Waals surface area contributed by atoms with Gasteiger partial charge in [-0.25, -0.2) is 9.07 Å². The molecule has 8 heteroatoms. The number of anilines is 1. The molecule has 1 N–H and O–H groups in total. The number of carbonyl (C=O) groups excluding carboxylic acids is 1. The molecule has 1 amide bonds. The predicted molar refractivity (Wildman–Crippen MR) is 110 cm³/mol. The summed E-state index contributed by atoms with van der Waals surface area (Å²) >= 11 is 0. The second-order valence-corrected chi connectivity index (χ2v) is 6.41. The van der Waals surface area contributed by atoms with E-state index >= 15 is 0 Å². The second kappa shape index (κ2) is 7.96. The van der Waals surface area contributed by atoms with Crippen molar-refractivity contribution in [2.45, 2.75) is 0 Å². The Morgan fingerprint density at radius 3 is 2.33 bits per heavy atom. The molecule has 30 heavy (non-hydrogen) atoms. The summed E-state index contributed by atoms with van der Waals surface area (Å²) in [4.78, 5) is 23.7. The van der Waals surface area contributed by atoms with Crippen molar-refractivity contribution >= 4 is 17.3 Å². The van der Waals surface area contributed by atoms with E-state index in [9.17, 15) is 19.3 Å². The molecule has 7 nitrogen and oxygen atoms in total. The minimum Gasteiger partial charge on any atom is -0.316 e. The number of nitro benzene ring substituents is 1. The van der Waals surface area contributed by atoms with Gasteiger partial charge in [0, 0.05) is 17.8 Å². The minimum absolute atomic E-state index is 0.0741. The minimum atomic E-state index is -0.566. The number of para-hydroxylation sites is 3. The highest BCUT2D eigenvalue weighted by atomic mass is 19.1. The van der Waals surface area contributed by atoms with Gasteiger partial charge in [-0.2, -0.15) is 5.10 Å². The molecule has 0 saturated heterocycles. The highest BCUT2D eigenvalue weighted by Gasteiger charge is 2.22. The predicted octanol–water partition coefficient (Wildman–Crippen LogP) is 4.84. The number of carbonyl (C=O) groups is 1. The van der Waals surface area contributed by atoms with E-state index < -0.39 is 16.6 Å². The number of aromatic nitrogens is 2. The Hall–Kier alpha value is -4.33. The zero-order chi connectivity index (χ0) is 21.1. The zero-order valence-corrected chi connectivity index (χ0v) is 15.5. The lowest BCUT2D eigenvalue weighted by atomic mass is 10.1. The molecule has 3 aromatic carbocycles. The Balaban J connectivity index is 1.78. The number of nitrogens with one attached hydrogen (secondary N) is 1. The van der Waals surface area contributed by atoms with Crippen LogP contribution in [-0.4, -0.2) is 20.6 Å². The number of rotatable bonds is 5. The lowest BCUT2D eigenvalue weighted by Crippen LogP contribution is -2.13. The molecule has 0 spiro atoms. The number of hydrogen-bond acceptors (Lipinski definition) is 4. The van der Waals surface area contributed by atoms with E-state index in [1.807, 2.05) is 30.3 Å². The Kier molecular flexibility index (Phi) is 5.04. The number of benzene rings is 3. The van der Waals surface area contributed by atoms with Crippen molar-refractivity contribution in [3.63, 3.8) is 0 Å². The van der Waals surface area contributed by atoms with Crippen molar-refractivity contribution in [1.82, 2.24) is 9.78 Å². The van der Waals surface area contributed by atoms with Crippen molar-refractivity contribution in [3.05, 3.63) is 107 Å². The van der Waals surface area contributed by atoms with Crippen LogP contribution in [0.3, 0.4) is 0 Å². The molecule has 0 aliphatic heterocycles. The largest absolute Gasteiger partial charge is 0.316 e. The summed E-state index contributed by atoms with van der Waals surface area (Å²) in [5.74, 6) is -0.974. The number of hydrogen-bond donors (Lipinski definition) is 1. The lowest BCUT2D eigenvalue weighted by Gasteiger charge is -2.06. The fraction of sp³-hybridized carbons (Fsp3) is 0. The SMILES string of the molecule is O=C(Nc1ccccc1[N+](=O)[O-])c1cn(-c2ccccc2)nc1-c1ccc(F)cc1. The number of amides is 1. The Morgan fingerprint density at radius 1 is 0.967 bits per heavy atom.